The molecule has 7 atom stereocenters. The van der Waals surface area contributed by atoms with Gasteiger partial charge in [0, 0.05) is 30.1 Å². The predicted molar refractivity (Wildman–Crippen MR) is 152 cm³/mol. The molecule has 0 aromatic carbocycles. The summed E-state index contributed by atoms with van der Waals surface area (Å²) in [6.07, 6.45) is 11.8. The van der Waals surface area contributed by atoms with E-state index in [1.165, 1.54) is 0 Å². The molecule has 6 rings (SSSR count). The van der Waals surface area contributed by atoms with Gasteiger partial charge in [-0.25, -0.2) is 0 Å². The van der Waals surface area contributed by atoms with Crippen molar-refractivity contribution in [1.29, 1.82) is 5.26 Å². The number of Topliss-reactive ketones (excluding diaryl/α,β-unsaturated/α-hetero) is 1. The van der Waals surface area contributed by atoms with Crippen LogP contribution in [0.5, 0.6) is 0 Å². The molecule has 40 heavy (non-hydrogen) atoms. The van der Waals surface area contributed by atoms with Gasteiger partial charge in [0.25, 0.3) is 0 Å². The molecule has 3 fully saturated rings. The highest BCUT2D eigenvalue weighted by atomic mass is 16.4. The molecule has 0 bridgehead atoms. The first kappa shape index (κ1) is 27.6. The zero-order valence-electron chi connectivity index (χ0n) is 25.6. The van der Waals surface area contributed by atoms with Gasteiger partial charge >= 0.3 is 0 Å². The van der Waals surface area contributed by atoms with Crippen molar-refractivity contribution < 1.29 is 14.0 Å². The summed E-state index contributed by atoms with van der Waals surface area (Å²) < 4.78 is 5.92. The average Bonchev–Trinajstić information content (AvgIpc) is 3.27. The number of nitriles is 1. The minimum absolute atomic E-state index is 0.0235. The Morgan fingerprint density at radius 3 is 2.35 bits per heavy atom. The number of aryl methyl sites for hydroxylation is 1. The van der Waals surface area contributed by atoms with Crippen LogP contribution in [-0.4, -0.2) is 21.8 Å². The van der Waals surface area contributed by atoms with Gasteiger partial charge in [-0.05, 0) is 84.5 Å². The van der Waals surface area contributed by atoms with E-state index in [-0.39, 0.29) is 56.6 Å². The van der Waals surface area contributed by atoms with Crippen molar-refractivity contribution in [3.05, 3.63) is 35.1 Å². The number of hydrogen-bond donors (Lipinski definition) is 0. The van der Waals surface area contributed by atoms with E-state index in [9.17, 15) is 14.9 Å². The molecule has 0 saturated heterocycles. The standard InChI is InChI=1S/C34H45N3O3/c1-20-36-37-26(40-20)18-34-13-11-29(2,3)17-22(34)27-23(38)15-25-31(6)16-21(19-35)28(39)30(4,5)24(31)9-10-32(25,7)33(27,8)12-14-34/h15-16,22,24,27H,9-14,17-18H2,1-8H3. The highest BCUT2D eigenvalue weighted by Gasteiger charge is 2.69. The fourth-order valence-corrected chi connectivity index (χ4v) is 10.8. The fraction of sp³-hybridized carbons (Fsp3) is 0.735. The zero-order valence-corrected chi connectivity index (χ0v) is 25.6. The number of ketones is 2. The maximum absolute atomic E-state index is 14.6. The van der Waals surface area contributed by atoms with Gasteiger partial charge in [0.15, 0.2) is 11.6 Å². The van der Waals surface area contributed by atoms with Crippen molar-refractivity contribution in [2.24, 2.45) is 50.2 Å². The van der Waals surface area contributed by atoms with Gasteiger partial charge in [-0.2, -0.15) is 5.26 Å². The Morgan fingerprint density at radius 1 is 1.00 bits per heavy atom. The molecule has 0 radical (unpaired) electrons. The Hall–Kier alpha value is -2.55. The number of allylic oxidation sites excluding steroid dienone is 4. The molecule has 0 aliphatic heterocycles. The van der Waals surface area contributed by atoms with Gasteiger partial charge < -0.3 is 4.42 Å². The molecule has 214 valence electrons. The normalized spacial score (nSPS) is 43.3. The lowest BCUT2D eigenvalue weighted by Gasteiger charge is -2.69. The van der Waals surface area contributed by atoms with Crippen LogP contribution in [0.3, 0.4) is 0 Å². The van der Waals surface area contributed by atoms with Crippen molar-refractivity contribution in [3.8, 4) is 6.07 Å². The molecule has 6 heteroatoms. The summed E-state index contributed by atoms with van der Waals surface area (Å²) in [5, 5.41) is 18.5. The van der Waals surface area contributed by atoms with Crippen molar-refractivity contribution in [1.82, 2.24) is 10.2 Å². The van der Waals surface area contributed by atoms with Crippen LogP contribution in [0.4, 0.5) is 0 Å². The topological polar surface area (TPSA) is 96.9 Å². The number of hydrogen-bond acceptors (Lipinski definition) is 6. The van der Waals surface area contributed by atoms with E-state index in [1.807, 2.05) is 32.9 Å². The van der Waals surface area contributed by atoms with Crippen molar-refractivity contribution >= 4 is 11.6 Å². The number of fused-ring (bicyclic) bond motifs is 7. The van der Waals surface area contributed by atoms with Gasteiger partial charge in [-0.1, -0.05) is 60.1 Å². The second-order valence-corrected chi connectivity index (χ2v) is 16.0. The molecule has 1 aromatic rings. The van der Waals surface area contributed by atoms with Gasteiger partial charge in [0.1, 0.15) is 6.07 Å². The number of carbonyl (C=O) groups is 2. The smallest absolute Gasteiger partial charge is 0.217 e. The van der Waals surface area contributed by atoms with E-state index in [2.05, 4.69) is 50.9 Å². The Kier molecular flexibility index (Phi) is 5.70. The summed E-state index contributed by atoms with van der Waals surface area (Å²) in [6, 6.07) is 2.21. The Bertz CT molecular complexity index is 1410. The number of aromatic nitrogens is 2. The fourth-order valence-electron chi connectivity index (χ4n) is 10.8. The van der Waals surface area contributed by atoms with E-state index in [0.29, 0.717) is 11.8 Å². The Morgan fingerprint density at radius 2 is 1.70 bits per heavy atom. The highest BCUT2D eigenvalue weighted by Crippen LogP contribution is 2.74. The number of carbonyl (C=O) groups excluding carboxylic acids is 2. The SMILES string of the molecule is Cc1nnc(CC23CCC(C)(C)CC2C2C(=O)C=C4C5(C)C=C(C#N)C(=O)C(C)(C)C5CCC4(C)C2(C)CC3)o1. The summed E-state index contributed by atoms with van der Waals surface area (Å²) in [4.78, 5) is 27.9. The molecule has 0 spiro atoms. The van der Waals surface area contributed by atoms with Gasteiger partial charge in [-0.3, -0.25) is 9.59 Å². The van der Waals surface area contributed by atoms with E-state index in [1.54, 1.807) is 0 Å². The molecule has 5 aliphatic carbocycles. The van der Waals surface area contributed by atoms with Gasteiger partial charge in [0.05, 0.1) is 5.57 Å². The van der Waals surface area contributed by atoms with Crippen LogP contribution in [0.2, 0.25) is 0 Å². The summed E-state index contributed by atoms with van der Waals surface area (Å²) in [5.74, 6) is 1.71. The number of rotatable bonds is 2. The predicted octanol–water partition coefficient (Wildman–Crippen LogP) is 7.14. The first-order valence-corrected chi connectivity index (χ1v) is 15.3. The summed E-state index contributed by atoms with van der Waals surface area (Å²) >= 11 is 0. The summed E-state index contributed by atoms with van der Waals surface area (Å²) in [5.41, 5.74) is 0.00729. The molecule has 0 N–H and O–H groups in total. The summed E-state index contributed by atoms with van der Waals surface area (Å²) in [6.45, 7) is 17.5. The second kappa shape index (κ2) is 8.26. The summed E-state index contributed by atoms with van der Waals surface area (Å²) in [7, 11) is 0. The lowest BCUT2D eigenvalue weighted by atomic mass is 9.34. The molecule has 1 heterocycles. The lowest BCUT2D eigenvalue weighted by molar-refractivity contribution is -0.171. The van der Waals surface area contributed by atoms with Crippen LogP contribution in [0.25, 0.3) is 0 Å². The highest BCUT2D eigenvalue weighted by molar-refractivity contribution is 6.04. The van der Waals surface area contributed by atoms with Crippen LogP contribution in [0.1, 0.15) is 105 Å². The van der Waals surface area contributed by atoms with Crippen LogP contribution in [-0.2, 0) is 16.0 Å². The second-order valence-electron chi connectivity index (χ2n) is 16.0. The largest absolute Gasteiger partial charge is 0.426 e. The molecule has 7 unspecified atom stereocenters. The Labute approximate surface area is 239 Å². The van der Waals surface area contributed by atoms with E-state index in [4.69, 9.17) is 4.42 Å². The van der Waals surface area contributed by atoms with E-state index in [0.717, 1.165) is 56.9 Å². The quantitative estimate of drug-likeness (QED) is 0.393. The zero-order chi connectivity index (χ0) is 29.1. The minimum atomic E-state index is -0.644. The molecular weight excluding hydrogens is 498 g/mol. The molecule has 1 aromatic heterocycles. The maximum atomic E-state index is 14.6. The van der Waals surface area contributed by atoms with Crippen LogP contribution in [0, 0.1) is 68.5 Å². The minimum Gasteiger partial charge on any atom is -0.426 e. The monoisotopic (exact) mass is 543 g/mol. The van der Waals surface area contributed by atoms with E-state index < -0.39 is 10.8 Å². The maximum Gasteiger partial charge on any atom is 0.217 e. The lowest BCUT2D eigenvalue weighted by Crippen LogP contribution is -2.65. The molecule has 0 amide bonds. The Balaban J connectivity index is 1.50. The van der Waals surface area contributed by atoms with Crippen molar-refractivity contribution in [2.75, 3.05) is 0 Å². The third kappa shape index (κ3) is 3.45. The van der Waals surface area contributed by atoms with Crippen LogP contribution < -0.4 is 0 Å². The molecule has 3 saturated carbocycles. The first-order valence-electron chi connectivity index (χ1n) is 15.3. The van der Waals surface area contributed by atoms with E-state index >= 15 is 0 Å². The van der Waals surface area contributed by atoms with Crippen LogP contribution >= 0.6 is 0 Å². The average molecular weight is 544 g/mol. The molecule has 5 aliphatic rings. The van der Waals surface area contributed by atoms with Gasteiger partial charge in [0.2, 0.25) is 11.8 Å². The third-order valence-corrected chi connectivity index (χ3v) is 13.1. The van der Waals surface area contributed by atoms with Crippen molar-refractivity contribution in [3.63, 3.8) is 0 Å². The van der Waals surface area contributed by atoms with Crippen LogP contribution in [0.15, 0.2) is 27.7 Å². The molecular formula is C34H45N3O3. The molecule has 6 nitrogen and oxygen atoms in total. The van der Waals surface area contributed by atoms with Gasteiger partial charge in [-0.15, -0.1) is 10.2 Å². The first-order chi connectivity index (χ1) is 18.5. The van der Waals surface area contributed by atoms with Crippen molar-refractivity contribution in [2.45, 2.75) is 107 Å². The number of nitrogens with zero attached hydrogens (tertiary/aromatic N) is 3. The third-order valence-electron chi connectivity index (χ3n) is 13.1.